The molecule has 0 radical (unpaired) electrons. The van der Waals surface area contributed by atoms with E-state index in [1.54, 1.807) is 12.4 Å². The zero-order chi connectivity index (χ0) is 15.9. The highest BCUT2D eigenvalue weighted by molar-refractivity contribution is 6.32. The molecular formula is C16H20ClN3O2. The van der Waals surface area contributed by atoms with Crippen molar-refractivity contribution in [1.29, 1.82) is 0 Å². The number of methoxy groups -OCH3 is 1. The third kappa shape index (κ3) is 2.37. The maximum absolute atomic E-state index is 12.0. The third-order valence-corrected chi connectivity index (χ3v) is 5.26. The fourth-order valence-corrected chi connectivity index (χ4v) is 3.72. The Morgan fingerprint density at radius 1 is 1.41 bits per heavy atom. The largest absolute Gasteiger partial charge is 0.469 e. The number of rotatable bonds is 3. The van der Waals surface area contributed by atoms with Gasteiger partial charge in [-0.3, -0.25) is 9.20 Å². The number of esters is 1. The van der Waals surface area contributed by atoms with Crippen LogP contribution in [0.5, 0.6) is 0 Å². The summed E-state index contributed by atoms with van der Waals surface area (Å²) in [7, 11) is 1.45. The van der Waals surface area contributed by atoms with Gasteiger partial charge >= 0.3 is 5.97 Å². The topological polar surface area (TPSA) is 56.5 Å². The number of carbonyl (C=O) groups is 1. The van der Waals surface area contributed by atoms with E-state index >= 15 is 0 Å². The highest BCUT2D eigenvalue weighted by Gasteiger charge is 2.43. The van der Waals surface area contributed by atoms with Gasteiger partial charge in [-0.05, 0) is 39.0 Å². The highest BCUT2D eigenvalue weighted by Crippen LogP contribution is 2.46. The van der Waals surface area contributed by atoms with Gasteiger partial charge in [-0.15, -0.1) is 0 Å². The quantitative estimate of drug-likeness (QED) is 0.812. The van der Waals surface area contributed by atoms with E-state index in [0.29, 0.717) is 17.0 Å². The molecule has 0 N–H and O–H groups in total. The number of hydrogen-bond acceptors (Lipinski definition) is 4. The summed E-state index contributed by atoms with van der Waals surface area (Å²) in [6.07, 6.45) is 8.29. The minimum Gasteiger partial charge on any atom is -0.469 e. The number of aromatic nitrogens is 3. The summed E-state index contributed by atoms with van der Waals surface area (Å²) in [5.74, 6) is 1.49. The van der Waals surface area contributed by atoms with Gasteiger partial charge in [0.1, 0.15) is 11.3 Å². The van der Waals surface area contributed by atoms with E-state index in [9.17, 15) is 4.79 Å². The molecule has 1 aliphatic rings. The number of fused-ring (bicyclic) bond motifs is 1. The molecule has 3 rings (SSSR count). The smallest absolute Gasteiger partial charge is 0.311 e. The van der Waals surface area contributed by atoms with Crippen LogP contribution in [0.1, 0.15) is 44.9 Å². The molecule has 0 spiro atoms. The number of imidazole rings is 1. The minimum absolute atomic E-state index is 0.140. The molecule has 118 valence electrons. The van der Waals surface area contributed by atoms with E-state index in [-0.39, 0.29) is 5.97 Å². The minimum atomic E-state index is -0.463. The van der Waals surface area contributed by atoms with Crippen LogP contribution in [-0.2, 0) is 9.53 Å². The van der Waals surface area contributed by atoms with Crippen LogP contribution in [0, 0.1) is 11.3 Å². The van der Waals surface area contributed by atoms with E-state index in [1.165, 1.54) is 7.11 Å². The van der Waals surface area contributed by atoms with Crippen molar-refractivity contribution in [2.45, 2.75) is 39.0 Å². The van der Waals surface area contributed by atoms with Crippen molar-refractivity contribution in [3.63, 3.8) is 0 Å². The first-order chi connectivity index (χ1) is 10.4. The van der Waals surface area contributed by atoms with E-state index in [0.717, 1.165) is 30.6 Å². The van der Waals surface area contributed by atoms with E-state index in [1.807, 2.05) is 24.4 Å². The summed E-state index contributed by atoms with van der Waals surface area (Å²) in [6.45, 7) is 3.94. The first-order valence-electron chi connectivity index (χ1n) is 7.51. The molecular weight excluding hydrogens is 302 g/mol. The average Bonchev–Trinajstić information content (AvgIpc) is 3.13. The average molecular weight is 322 g/mol. The molecule has 2 aromatic rings. The Balaban J connectivity index is 1.86. The van der Waals surface area contributed by atoms with Crippen LogP contribution in [0.25, 0.3) is 5.52 Å². The van der Waals surface area contributed by atoms with Crippen molar-refractivity contribution in [3.05, 3.63) is 29.6 Å². The third-order valence-electron chi connectivity index (χ3n) is 4.97. The van der Waals surface area contributed by atoms with Gasteiger partial charge in [0.2, 0.25) is 0 Å². The molecule has 5 nitrogen and oxygen atoms in total. The number of ether oxygens (including phenoxy) is 1. The Morgan fingerprint density at radius 3 is 2.91 bits per heavy atom. The lowest BCUT2D eigenvalue weighted by Crippen LogP contribution is -2.32. The Morgan fingerprint density at radius 2 is 2.18 bits per heavy atom. The summed E-state index contributed by atoms with van der Waals surface area (Å²) >= 11 is 6.11. The summed E-state index contributed by atoms with van der Waals surface area (Å²) < 4.78 is 6.96. The first-order valence-corrected chi connectivity index (χ1v) is 7.88. The second-order valence-electron chi connectivity index (χ2n) is 6.51. The predicted molar refractivity (Wildman–Crippen MR) is 83.9 cm³/mol. The van der Waals surface area contributed by atoms with Crippen LogP contribution in [0.15, 0.2) is 18.6 Å². The summed E-state index contributed by atoms with van der Waals surface area (Å²) in [6, 6.07) is 0. The normalized spacial score (nSPS) is 22.2. The zero-order valence-electron chi connectivity index (χ0n) is 13.0. The summed E-state index contributed by atoms with van der Waals surface area (Å²) in [5.41, 5.74) is 0.366. The Labute approximate surface area is 134 Å². The molecule has 1 aliphatic carbocycles. The van der Waals surface area contributed by atoms with Crippen molar-refractivity contribution in [1.82, 2.24) is 14.4 Å². The monoisotopic (exact) mass is 321 g/mol. The number of nitrogens with zero attached hydrogens (tertiary/aromatic N) is 3. The lowest BCUT2D eigenvalue weighted by molar-refractivity contribution is -0.153. The molecule has 2 atom stereocenters. The lowest BCUT2D eigenvalue weighted by atomic mass is 9.77. The van der Waals surface area contributed by atoms with Gasteiger partial charge in [-0.1, -0.05) is 11.6 Å². The van der Waals surface area contributed by atoms with Crippen LogP contribution >= 0.6 is 11.6 Å². The van der Waals surface area contributed by atoms with Crippen LogP contribution in [0.2, 0.25) is 5.15 Å². The van der Waals surface area contributed by atoms with Crippen LogP contribution in [0.3, 0.4) is 0 Å². The predicted octanol–water partition coefficient (Wildman–Crippen LogP) is 3.47. The van der Waals surface area contributed by atoms with Gasteiger partial charge in [0, 0.05) is 18.3 Å². The Hall–Kier alpha value is -1.62. The molecule has 2 aromatic heterocycles. The molecule has 0 saturated heterocycles. The molecule has 2 unspecified atom stereocenters. The van der Waals surface area contributed by atoms with Gasteiger partial charge in [0.05, 0.1) is 18.7 Å². The molecule has 1 fully saturated rings. The number of carbonyl (C=O) groups excluding carboxylic acids is 1. The second kappa shape index (κ2) is 5.54. The van der Waals surface area contributed by atoms with E-state index in [2.05, 4.69) is 9.97 Å². The molecule has 2 heterocycles. The fourth-order valence-electron chi connectivity index (χ4n) is 3.52. The van der Waals surface area contributed by atoms with E-state index < -0.39 is 5.41 Å². The zero-order valence-corrected chi connectivity index (χ0v) is 13.8. The van der Waals surface area contributed by atoms with Crippen molar-refractivity contribution < 1.29 is 9.53 Å². The van der Waals surface area contributed by atoms with Gasteiger partial charge in [0.25, 0.3) is 0 Å². The maximum atomic E-state index is 12.0. The molecule has 1 saturated carbocycles. The summed E-state index contributed by atoms with van der Waals surface area (Å²) in [4.78, 5) is 20.6. The van der Waals surface area contributed by atoms with Crippen LogP contribution in [0.4, 0.5) is 0 Å². The van der Waals surface area contributed by atoms with Crippen LogP contribution in [-0.4, -0.2) is 27.4 Å². The van der Waals surface area contributed by atoms with Crippen molar-refractivity contribution in [2.75, 3.05) is 7.11 Å². The van der Waals surface area contributed by atoms with E-state index in [4.69, 9.17) is 16.3 Å². The van der Waals surface area contributed by atoms with Gasteiger partial charge < -0.3 is 4.74 Å². The second-order valence-corrected chi connectivity index (χ2v) is 6.87. The molecule has 22 heavy (non-hydrogen) atoms. The van der Waals surface area contributed by atoms with Gasteiger partial charge in [0.15, 0.2) is 5.15 Å². The van der Waals surface area contributed by atoms with Crippen molar-refractivity contribution in [2.24, 2.45) is 11.3 Å². The maximum Gasteiger partial charge on any atom is 0.311 e. The van der Waals surface area contributed by atoms with Gasteiger partial charge in [-0.2, -0.15) is 0 Å². The molecule has 0 bridgehead atoms. The van der Waals surface area contributed by atoms with Crippen molar-refractivity contribution in [3.8, 4) is 0 Å². The SMILES string of the molecule is COC(=O)C(C)(C)C1CCC(c2ncc3c(Cl)nccn23)C1. The molecule has 0 amide bonds. The van der Waals surface area contributed by atoms with Crippen LogP contribution < -0.4 is 0 Å². The lowest BCUT2D eigenvalue weighted by Gasteiger charge is -2.28. The van der Waals surface area contributed by atoms with Crippen molar-refractivity contribution >= 4 is 23.1 Å². The fraction of sp³-hybridized carbons (Fsp3) is 0.562. The number of hydrogen-bond donors (Lipinski definition) is 0. The number of halogens is 1. The summed E-state index contributed by atoms with van der Waals surface area (Å²) in [5, 5.41) is 0.464. The molecule has 0 aliphatic heterocycles. The molecule has 6 heteroatoms. The highest BCUT2D eigenvalue weighted by atomic mass is 35.5. The Bertz CT molecular complexity index is 710. The van der Waals surface area contributed by atoms with Gasteiger partial charge in [-0.25, -0.2) is 9.97 Å². The first kappa shape index (κ1) is 15.3. The standard InChI is InChI=1S/C16H20ClN3O2/c1-16(2,15(21)22-3)11-5-4-10(8-11)14-19-9-12-13(17)18-6-7-20(12)14/h6-7,9-11H,4-5,8H2,1-3H3. The molecule has 0 aromatic carbocycles. The Kier molecular flexibility index (Phi) is 3.85.